The lowest BCUT2D eigenvalue weighted by molar-refractivity contribution is -0.130. The Labute approximate surface area is 158 Å². The second-order valence-electron chi connectivity index (χ2n) is 6.77. The van der Waals surface area contributed by atoms with E-state index in [1.54, 1.807) is 36.5 Å². The van der Waals surface area contributed by atoms with E-state index in [0.29, 0.717) is 43.6 Å². The molecule has 1 saturated heterocycles. The Balaban J connectivity index is 1.58. The monoisotopic (exact) mass is 369 g/mol. The molecule has 1 fully saturated rings. The number of halogens is 1. The number of aromatic nitrogens is 1. The van der Waals surface area contributed by atoms with Crippen molar-refractivity contribution < 1.29 is 14.0 Å². The molecule has 1 aliphatic heterocycles. The van der Waals surface area contributed by atoms with Gasteiger partial charge in [0.25, 0.3) is 0 Å². The van der Waals surface area contributed by atoms with Crippen molar-refractivity contribution in [3.05, 3.63) is 59.5 Å². The van der Waals surface area contributed by atoms with Gasteiger partial charge in [0, 0.05) is 44.4 Å². The molecule has 0 N–H and O–H groups in total. The molecule has 0 bridgehead atoms. The van der Waals surface area contributed by atoms with Crippen molar-refractivity contribution in [2.24, 2.45) is 0 Å². The third-order valence-corrected chi connectivity index (χ3v) is 4.89. The molecule has 5 nitrogen and oxygen atoms in total. The first kappa shape index (κ1) is 19.0. The first-order valence-corrected chi connectivity index (χ1v) is 9.27. The number of carbonyl (C=O) groups is 2. The summed E-state index contributed by atoms with van der Waals surface area (Å²) in [5.41, 5.74) is 1.22. The van der Waals surface area contributed by atoms with Gasteiger partial charge in [0.15, 0.2) is 5.78 Å². The second-order valence-corrected chi connectivity index (χ2v) is 6.77. The van der Waals surface area contributed by atoms with Crippen LogP contribution in [0.4, 0.5) is 10.2 Å². The number of hydrogen-bond donors (Lipinski definition) is 0. The Morgan fingerprint density at radius 2 is 1.93 bits per heavy atom. The summed E-state index contributed by atoms with van der Waals surface area (Å²) < 4.78 is 13.7. The number of benzene rings is 1. The number of aryl methyl sites for hydroxylation is 1. The maximum atomic E-state index is 13.7. The highest BCUT2D eigenvalue weighted by molar-refractivity contribution is 5.94. The first-order chi connectivity index (χ1) is 13.0. The normalized spacial score (nSPS) is 14.7. The zero-order chi connectivity index (χ0) is 19.2. The van der Waals surface area contributed by atoms with Gasteiger partial charge in [-0.2, -0.15) is 0 Å². The molecule has 0 unspecified atom stereocenters. The van der Waals surface area contributed by atoms with Gasteiger partial charge in [-0.15, -0.1) is 0 Å². The van der Waals surface area contributed by atoms with E-state index in [1.807, 2.05) is 4.90 Å². The van der Waals surface area contributed by atoms with Crippen LogP contribution in [-0.4, -0.2) is 47.8 Å². The number of nitrogens with zero attached hydrogens (tertiary/aromatic N) is 3. The fourth-order valence-corrected chi connectivity index (χ4v) is 3.31. The van der Waals surface area contributed by atoms with E-state index in [4.69, 9.17) is 0 Å². The molecular formula is C21H24FN3O2. The molecule has 0 saturated carbocycles. The van der Waals surface area contributed by atoms with Crippen LogP contribution in [-0.2, 0) is 11.2 Å². The first-order valence-electron chi connectivity index (χ1n) is 9.27. The molecule has 2 aromatic rings. The van der Waals surface area contributed by atoms with Crippen LogP contribution < -0.4 is 4.90 Å². The summed E-state index contributed by atoms with van der Waals surface area (Å²) in [6.45, 7) is 4.27. The fraction of sp³-hybridized carbons (Fsp3) is 0.381. The van der Waals surface area contributed by atoms with Gasteiger partial charge in [-0.05, 0) is 43.5 Å². The van der Waals surface area contributed by atoms with E-state index in [-0.39, 0.29) is 17.5 Å². The quantitative estimate of drug-likeness (QED) is 0.760. The maximum absolute atomic E-state index is 13.7. The Kier molecular flexibility index (Phi) is 6.16. The number of pyridine rings is 1. The van der Waals surface area contributed by atoms with Crippen molar-refractivity contribution in [3.8, 4) is 0 Å². The molecule has 6 heteroatoms. The predicted octanol–water partition coefficient (Wildman–Crippen LogP) is 3.09. The van der Waals surface area contributed by atoms with Gasteiger partial charge in [-0.25, -0.2) is 9.37 Å². The standard InChI is InChI=1S/C21H24FN3O2/c1-16(26)18-9-10-23-20(15-18)24-11-4-12-25(14-13-24)21(27)8-7-17-5-2-3-6-19(17)22/h2-3,5-6,9-10,15H,4,7-8,11-14H2,1H3. The minimum Gasteiger partial charge on any atom is -0.355 e. The number of carbonyl (C=O) groups excluding carboxylic acids is 2. The lowest BCUT2D eigenvalue weighted by atomic mass is 10.1. The van der Waals surface area contributed by atoms with Crippen molar-refractivity contribution in [1.82, 2.24) is 9.88 Å². The number of hydrogen-bond acceptors (Lipinski definition) is 4. The van der Waals surface area contributed by atoms with E-state index in [2.05, 4.69) is 9.88 Å². The number of amides is 1. The molecule has 0 atom stereocenters. The Bertz CT molecular complexity index is 825. The summed E-state index contributed by atoms with van der Waals surface area (Å²) in [4.78, 5) is 32.4. The Hall–Kier alpha value is -2.76. The summed E-state index contributed by atoms with van der Waals surface area (Å²) in [7, 11) is 0. The molecular weight excluding hydrogens is 345 g/mol. The van der Waals surface area contributed by atoms with Gasteiger partial charge < -0.3 is 9.80 Å². The van der Waals surface area contributed by atoms with Crippen molar-refractivity contribution in [2.75, 3.05) is 31.1 Å². The Morgan fingerprint density at radius 1 is 1.11 bits per heavy atom. The fourth-order valence-electron chi connectivity index (χ4n) is 3.31. The van der Waals surface area contributed by atoms with Crippen molar-refractivity contribution in [1.29, 1.82) is 0 Å². The lowest BCUT2D eigenvalue weighted by Crippen LogP contribution is -2.35. The third kappa shape index (κ3) is 4.90. The van der Waals surface area contributed by atoms with E-state index in [1.165, 1.54) is 13.0 Å². The van der Waals surface area contributed by atoms with Gasteiger partial charge >= 0.3 is 0 Å². The SMILES string of the molecule is CC(=O)c1ccnc(N2CCCN(C(=O)CCc3ccccc3F)CC2)c1. The van der Waals surface area contributed by atoms with Crippen LogP contribution in [0.15, 0.2) is 42.6 Å². The molecule has 0 radical (unpaired) electrons. The maximum Gasteiger partial charge on any atom is 0.222 e. The van der Waals surface area contributed by atoms with Crippen molar-refractivity contribution in [2.45, 2.75) is 26.2 Å². The van der Waals surface area contributed by atoms with Crippen LogP contribution in [0.2, 0.25) is 0 Å². The topological polar surface area (TPSA) is 53.5 Å². The summed E-state index contributed by atoms with van der Waals surface area (Å²) >= 11 is 0. The van der Waals surface area contributed by atoms with Crippen LogP contribution in [0, 0.1) is 5.82 Å². The molecule has 1 aliphatic rings. The number of ketones is 1. The summed E-state index contributed by atoms with van der Waals surface area (Å²) in [6.07, 6.45) is 3.19. The molecule has 142 valence electrons. The van der Waals surface area contributed by atoms with Gasteiger partial charge in [0.05, 0.1) is 0 Å². The van der Waals surface area contributed by atoms with Gasteiger partial charge in [-0.1, -0.05) is 18.2 Å². The second kappa shape index (κ2) is 8.75. The number of rotatable bonds is 5. The average molecular weight is 369 g/mol. The largest absolute Gasteiger partial charge is 0.355 e. The van der Waals surface area contributed by atoms with Crippen LogP contribution in [0.1, 0.15) is 35.7 Å². The predicted molar refractivity (Wildman–Crippen MR) is 102 cm³/mol. The van der Waals surface area contributed by atoms with Gasteiger partial charge in [-0.3, -0.25) is 9.59 Å². The molecule has 0 spiro atoms. The molecule has 1 amide bonds. The highest BCUT2D eigenvalue weighted by Crippen LogP contribution is 2.17. The zero-order valence-corrected chi connectivity index (χ0v) is 15.5. The lowest BCUT2D eigenvalue weighted by Gasteiger charge is -2.23. The Morgan fingerprint density at radius 3 is 2.70 bits per heavy atom. The van der Waals surface area contributed by atoms with Crippen LogP contribution in [0.25, 0.3) is 0 Å². The van der Waals surface area contributed by atoms with Crippen LogP contribution in [0.5, 0.6) is 0 Å². The number of Topliss-reactive ketones (excluding diaryl/α,β-unsaturated/α-hetero) is 1. The van der Waals surface area contributed by atoms with Crippen molar-refractivity contribution >= 4 is 17.5 Å². The highest BCUT2D eigenvalue weighted by atomic mass is 19.1. The van der Waals surface area contributed by atoms with E-state index < -0.39 is 0 Å². The smallest absolute Gasteiger partial charge is 0.222 e. The van der Waals surface area contributed by atoms with Gasteiger partial charge in [0.1, 0.15) is 11.6 Å². The number of anilines is 1. The summed E-state index contributed by atoms with van der Waals surface area (Å²) in [6, 6.07) is 10.1. The van der Waals surface area contributed by atoms with Crippen LogP contribution >= 0.6 is 0 Å². The van der Waals surface area contributed by atoms with Gasteiger partial charge in [0.2, 0.25) is 5.91 Å². The van der Waals surface area contributed by atoms with E-state index in [0.717, 1.165) is 18.8 Å². The average Bonchev–Trinajstić information content (AvgIpc) is 2.93. The van der Waals surface area contributed by atoms with E-state index in [9.17, 15) is 14.0 Å². The molecule has 3 rings (SSSR count). The zero-order valence-electron chi connectivity index (χ0n) is 15.5. The van der Waals surface area contributed by atoms with E-state index >= 15 is 0 Å². The molecule has 2 heterocycles. The highest BCUT2D eigenvalue weighted by Gasteiger charge is 2.20. The summed E-state index contributed by atoms with van der Waals surface area (Å²) in [5.74, 6) is 0.566. The molecule has 0 aliphatic carbocycles. The third-order valence-electron chi connectivity index (χ3n) is 4.89. The molecule has 27 heavy (non-hydrogen) atoms. The molecule has 1 aromatic carbocycles. The minimum atomic E-state index is -0.260. The van der Waals surface area contributed by atoms with Crippen LogP contribution in [0.3, 0.4) is 0 Å². The summed E-state index contributed by atoms with van der Waals surface area (Å²) in [5, 5.41) is 0. The van der Waals surface area contributed by atoms with Crippen molar-refractivity contribution in [3.63, 3.8) is 0 Å². The molecule has 1 aromatic heterocycles. The minimum absolute atomic E-state index is 0.0124.